The lowest BCUT2D eigenvalue weighted by Gasteiger charge is -2.21. The third-order valence-electron chi connectivity index (χ3n) is 3.30. The highest BCUT2D eigenvalue weighted by Crippen LogP contribution is 2.21. The summed E-state index contributed by atoms with van der Waals surface area (Å²) in [5.74, 6) is 0.618. The van der Waals surface area contributed by atoms with Gasteiger partial charge in [-0.3, -0.25) is 0 Å². The summed E-state index contributed by atoms with van der Waals surface area (Å²) in [5.41, 5.74) is 0.909. The Morgan fingerprint density at radius 3 is 2.26 bits per heavy atom. The predicted molar refractivity (Wildman–Crippen MR) is 94.9 cm³/mol. The lowest BCUT2D eigenvalue weighted by Crippen LogP contribution is -2.30. The van der Waals surface area contributed by atoms with Gasteiger partial charge in [-0.05, 0) is 42.0 Å². The number of ether oxygens (including phenoxy) is 1. The predicted octanol–water partition coefficient (Wildman–Crippen LogP) is 3.83. The number of benzene rings is 2. The number of sulfonamides is 1. The highest BCUT2D eigenvalue weighted by Gasteiger charge is 2.23. The molecule has 0 saturated carbocycles. The second kappa shape index (κ2) is 7.77. The van der Waals surface area contributed by atoms with E-state index in [2.05, 4.69) is 22.5 Å². The maximum Gasteiger partial charge on any atom is 0.243 e. The fourth-order valence-electron chi connectivity index (χ4n) is 2.08. The molecule has 4 nitrogen and oxygen atoms in total. The number of hydrogen-bond acceptors (Lipinski definition) is 3. The van der Waals surface area contributed by atoms with E-state index in [0.29, 0.717) is 5.75 Å². The summed E-state index contributed by atoms with van der Waals surface area (Å²) in [7, 11) is -2.06. The molecule has 0 aliphatic carbocycles. The van der Waals surface area contributed by atoms with Crippen molar-refractivity contribution in [2.45, 2.75) is 11.4 Å². The number of methoxy groups -OCH3 is 1. The molecule has 2 rings (SSSR count). The van der Waals surface area contributed by atoms with Gasteiger partial charge in [0, 0.05) is 17.6 Å². The smallest absolute Gasteiger partial charge is 0.243 e. The third kappa shape index (κ3) is 4.43. The van der Waals surface area contributed by atoms with Crippen LogP contribution in [-0.2, 0) is 16.6 Å². The summed E-state index contributed by atoms with van der Waals surface area (Å²) in [6.45, 7) is 4.18. The summed E-state index contributed by atoms with van der Waals surface area (Å²) in [5, 5.41) is 0. The molecule has 0 saturated heterocycles. The molecule has 0 aliphatic rings. The van der Waals surface area contributed by atoms with Crippen molar-refractivity contribution in [1.29, 1.82) is 0 Å². The third-order valence-corrected chi connectivity index (χ3v) is 5.66. The molecule has 0 bridgehead atoms. The Hall–Kier alpha value is -1.63. The first-order chi connectivity index (χ1) is 11.0. The SMILES string of the molecule is C=CCN(Cc1ccc(Br)cc1)S(=O)(=O)c1ccc(OC)cc1. The highest BCUT2D eigenvalue weighted by molar-refractivity contribution is 9.10. The number of rotatable bonds is 7. The highest BCUT2D eigenvalue weighted by atomic mass is 79.9. The molecule has 0 aliphatic heterocycles. The molecule has 0 atom stereocenters. The average Bonchev–Trinajstić information content (AvgIpc) is 2.56. The minimum atomic E-state index is -3.60. The van der Waals surface area contributed by atoms with E-state index in [1.165, 1.54) is 4.31 Å². The first kappa shape index (κ1) is 17.7. The van der Waals surface area contributed by atoms with Gasteiger partial charge in [-0.1, -0.05) is 34.1 Å². The minimum absolute atomic E-state index is 0.234. The van der Waals surface area contributed by atoms with E-state index < -0.39 is 10.0 Å². The van der Waals surface area contributed by atoms with Gasteiger partial charge in [-0.15, -0.1) is 6.58 Å². The molecule has 0 unspecified atom stereocenters. The van der Waals surface area contributed by atoms with Crippen LogP contribution in [0.25, 0.3) is 0 Å². The Morgan fingerprint density at radius 2 is 1.74 bits per heavy atom. The van der Waals surface area contributed by atoms with Gasteiger partial charge in [0.15, 0.2) is 0 Å². The quantitative estimate of drug-likeness (QED) is 0.669. The zero-order valence-electron chi connectivity index (χ0n) is 12.8. The van der Waals surface area contributed by atoms with Gasteiger partial charge in [0.1, 0.15) is 5.75 Å². The van der Waals surface area contributed by atoms with Crippen molar-refractivity contribution >= 4 is 26.0 Å². The van der Waals surface area contributed by atoms with Gasteiger partial charge >= 0.3 is 0 Å². The van der Waals surface area contributed by atoms with E-state index in [0.717, 1.165) is 10.0 Å². The molecular weight excluding hydrogens is 378 g/mol. The van der Waals surface area contributed by atoms with Crippen molar-refractivity contribution in [2.24, 2.45) is 0 Å². The summed E-state index contributed by atoms with van der Waals surface area (Å²) in [6, 6.07) is 13.9. The molecule has 23 heavy (non-hydrogen) atoms. The van der Waals surface area contributed by atoms with Gasteiger partial charge in [-0.2, -0.15) is 4.31 Å². The minimum Gasteiger partial charge on any atom is -0.497 e. The van der Waals surface area contributed by atoms with Gasteiger partial charge in [0.2, 0.25) is 10.0 Å². The Bertz CT molecular complexity index is 755. The van der Waals surface area contributed by atoms with Crippen LogP contribution in [0.3, 0.4) is 0 Å². The van der Waals surface area contributed by atoms with Crippen LogP contribution in [0.15, 0.2) is 70.6 Å². The summed E-state index contributed by atoms with van der Waals surface area (Å²) >= 11 is 3.37. The lowest BCUT2D eigenvalue weighted by atomic mass is 10.2. The van der Waals surface area contributed by atoms with Crippen LogP contribution >= 0.6 is 15.9 Å². The van der Waals surface area contributed by atoms with E-state index in [-0.39, 0.29) is 18.0 Å². The number of hydrogen-bond donors (Lipinski definition) is 0. The Balaban J connectivity index is 2.30. The van der Waals surface area contributed by atoms with Crippen LogP contribution in [0, 0.1) is 0 Å². The van der Waals surface area contributed by atoms with E-state index >= 15 is 0 Å². The van der Waals surface area contributed by atoms with Crippen LogP contribution in [0.2, 0.25) is 0 Å². The maximum atomic E-state index is 12.8. The number of halogens is 1. The molecule has 2 aromatic rings. The molecule has 2 aromatic carbocycles. The first-order valence-electron chi connectivity index (χ1n) is 6.97. The molecule has 0 heterocycles. The Kier molecular flexibility index (Phi) is 5.98. The fraction of sp³-hybridized carbons (Fsp3) is 0.176. The van der Waals surface area contributed by atoms with Crippen LogP contribution in [-0.4, -0.2) is 26.4 Å². The molecular formula is C17H18BrNO3S. The fourth-order valence-corrected chi connectivity index (χ4v) is 3.75. The standard InChI is InChI=1S/C17H18BrNO3S/c1-3-12-19(13-14-4-6-15(18)7-5-14)23(20,21)17-10-8-16(22-2)9-11-17/h3-11H,1,12-13H2,2H3. The van der Waals surface area contributed by atoms with E-state index in [4.69, 9.17) is 4.74 Å². The van der Waals surface area contributed by atoms with Gasteiger partial charge in [0.25, 0.3) is 0 Å². The molecule has 0 amide bonds. The second-order valence-corrected chi connectivity index (χ2v) is 7.74. The normalized spacial score (nSPS) is 11.4. The molecule has 0 aromatic heterocycles. The van der Waals surface area contributed by atoms with E-state index in [1.807, 2.05) is 24.3 Å². The molecule has 122 valence electrons. The lowest BCUT2D eigenvalue weighted by molar-refractivity contribution is 0.414. The molecule has 0 spiro atoms. The van der Waals surface area contributed by atoms with Gasteiger partial charge in [-0.25, -0.2) is 8.42 Å². The van der Waals surface area contributed by atoms with Crippen LogP contribution in [0.5, 0.6) is 5.75 Å². The van der Waals surface area contributed by atoms with Crippen molar-refractivity contribution in [1.82, 2.24) is 4.31 Å². The van der Waals surface area contributed by atoms with E-state index in [1.54, 1.807) is 37.5 Å². The zero-order chi connectivity index (χ0) is 16.9. The van der Waals surface area contributed by atoms with Crippen LogP contribution in [0.4, 0.5) is 0 Å². The topological polar surface area (TPSA) is 46.6 Å². The molecule has 6 heteroatoms. The summed E-state index contributed by atoms with van der Waals surface area (Å²) < 4.78 is 33.1. The van der Waals surface area contributed by atoms with E-state index in [9.17, 15) is 8.42 Å². The van der Waals surface area contributed by atoms with Gasteiger partial charge < -0.3 is 4.74 Å². The number of nitrogens with zero attached hydrogens (tertiary/aromatic N) is 1. The van der Waals surface area contributed by atoms with Crippen molar-refractivity contribution in [3.05, 3.63) is 71.2 Å². The van der Waals surface area contributed by atoms with Crippen molar-refractivity contribution in [3.63, 3.8) is 0 Å². The van der Waals surface area contributed by atoms with Crippen LogP contribution < -0.4 is 4.74 Å². The zero-order valence-corrected chi connectivity index (χ0v) is 15.2. The van der Waals surface area contributed by atoms with Gasteiger partial charge in [0.05, 0.1) is 12.0 Å². The Labute approximate surface area is 145 Å². The molecule has 0 N–H and O–H groups in total. The summed E-state index contributed by atoms with van der Waals surface area (Å²) in [4.78, 5) is 0.234. The first-order valence-corrected chi connectivity index (χ1v) is 9.20. The monoisotopic (exact) mass is 395 g/mol. The van der Waals surface area contributed by atoms with Crippen molar-refractivity contribution < 1.29 is 13.2 Å². The van der Waals surface area contributed by atoms with Crippen molar-refractivity contribution in [2.75, 3.05) is 13.7 Å². The van der Waals surface area contributed by atoms with Crippen LogP contribution in [0.1, 0.15) is 5.56 Å². The molecule has 0 radical (unpaired) electrons. The Morgan fingerprint density at radius 1 is 1.13 bits per heavy atom. The average molecular weight is 396 g/mol. The maximum absolute atomic E-state index is 12.8. The second-order valence-electron chi connectivity index (χ2n) is 4.89. The van der Waals surface area contributed by atoms with Crippen molar-refractivity contribution in [3.8, 4) is 5.75 Å². The largest absolute Gasteiger partial charge is 0.497 e. The summed E-state index contributed by atoms with van der Waals surface area (Å²) in [6.07, 6.45) is 1.58. The molecule has 0 fully saturated rings.